The molecular weight excluding hydrogens is 343 g/mol. The zero-order valence-electron chi connectivity index (χ0n) is 11.1. The highest BCUT2D eigenvalue weighted by Crippen LogP contribution is 2.35. The molecule has 0 aromatic heterocycles. The average molecular weight is 358 g/mol. The zero-order chi connectivity index (χ0) is 14.5. The van der Waals surface area contributed by atoms with E-state index in [1.807, 2.05) is 12.1 Å². The summed E-state index contributed by atoms with van der Waals surface area (Å²) in [6.45, 7) is 0.709. The van der Waals surface area contributed by atoms with Gasteiger partial charge in [0.25, 0.3) is 0 Å². The molecule has 0 saturated carbocycles. The quantitative estimate of drug-likeness (QED) is 0.672. The van der Waals surface area contributed by atoms with Gasteiger partial charge >= 0.3 is 0 Å². The summed E-state index contributed by atoms with van der Waals surface area (Å²) >= 11 is 9.70. The Balaban J connectivity index is 2.18. The van der Waals surface area contributed by atoms with Crippen LogP contribution in [0.1, 0.15) is 21.5 Å². The van der Waals surface area contributed by atoms with Gasteiger partial charge in [-0.3, -0.25) is 0 Å². The van der Waals surface area contributed by atoms with E-state index in [2.05, 4.69) is 28.1 Å². The van der Waals surface area contributed by atoms with Gasteiger partial charge in [-0.2, -0.15) is 0 Å². The molecule has 0 saturated heterocycles. The summed E-state index contributed by atoms with van der Waals surface area (Å²) in [7, 11) is 1.69. The van der Waals surface area contributed by atoms with E-state index < -0.39 is 0 Å². The minimum Gasteiger partial charge on any atom is -0.384 e. The van der Waals surface area contributed by atoms with E-state index in [1.165, 1.54) is 17.7 Å². The summed E-state index contributed by atoms with van der Waals surface area (Å²) in [4.78, 5) is -0.0490. The number of methoxy groups -OCH3 is 1. The van der Waals surface area contributed by atoms with Crippen LogP contribution in [0.15, 0.2) is 42.5 Å². The standard InChI is InChI=1S/C16H15BrClFO/c1-20-9-8-11-2-4-12(5-3-11)16(17)14-7-6-13(19)10-15(14)18/h2-7,10,16H,8-9H2,1H3. The average Bonchev–Trinajstić information content (AvgIpc) is 2.45. The molecule has 0 radical (unpaired) electrons. The second-order valence-electron chi connectivity index (χ2n) is 4.51. The summed E-state index contributed by atoms with van der Waals surface area (Å²) in [5.74, 6) is -0.326. The van der Waals surface area contributed by atoms with Gasteiger partial charge in [0, 0.05) is 12.1 Å². The number of alkyl halides is 1. The lowest BCUT2D eigenvalue weighted by atomic mass is 10.0. The molecule has 1 atom stereocenters. The molecule has 0 amide bonds. The van der Waals surface area contributed by atoms with Crippen LogP contribution >= 0.6 is 27.5 Å². The Bertz CT molecular complexity index is 571. The first-order valence-corrected chi connectivity index (χ1v) is 7.58. The third-order valence-electron chi connectivity index (χ3n) is 3.10. The summed E-state index contributed by atoms with van der Waals surface area (Å²) in [6, 6.07) is 12.7. The van der Waals surface area contributed by atoms with Crippen LogP contribution in [0.3, 0.4) is 0 Å². The molecule has 4 heteroatoms. The van der Waals surface area contributed by atoms with E-state index >= 15 is 0 Å². The van der Waals surface area contributed by atoms with Gasteiger partial charge in [0.1, 0.15) is 5.82 Å². The molecule has 0 fully saturated rings. The van der Waals surface area contributed by atoms with Gasteiger partial charge in [-0.1, -0.05) is 57.9 Å². The Morgan fingerprint density at radius 2 is 1.90 bits per heavy atom. The lowest BCUT2D eigenvalue weighted by Gasteiger charge is -2.13. The maximum Gasteiger partial charge on any atom is 0.124 e. The predicted octanol–water partition coefficient (Wildman–Crippen LogP) is 5.15. The SMILES string of the molecule is COCCc1ccc(C(Br)c2ccc(F)cc2Cl)cc1. The van der Waals surface area contributed by atoms with Crippen molar-refractivity contribution in [2.75, 3.05) is 13.7 Å². The van der Waals surface area contributed by atoms with Gasteiger partial charge in [0.15, 0.2) is 0 Å². The highest BCUT2D eigenvalue weighted by molar-refractivity contribution is 9.09. The van der Waals surface area contributed by atoms with Crippen molar-refractivity contribution in [2.24, 2.45) is 0 Å². The fourth-order valence-corrected chi connectivity index (χ4v) is 3.07. The van der Waals surface area contributed by atoms with Crippen molar-refractivity contribution >= 4 is 27.5 Å². The molecule has 2 aromatic rings. The molecule has 0 bridgehead atoms. The van der Waals surface area contributed by atoms with Crippen LogP contribution in [0, 0.1) is 5.82 Å². The van der Waals surface area contributed by atoms with Crippen molar-refractivity contribution in [3.63, 3.8) is 0 Å². The maximum atomic E-state index is 13.1. The molecular formula is C16H15BrClFO. The van der Waals surface area contributed by atoms with Crippen LogP contribution in [0.5, 0.6) is 0 Å². The second-order valence-corrected chi connectivity index (χ2v) is 5.84. The first-order chi connectivity index (χ1) is 9.61. The van der Waals surface area contributed by atoms with E-state index in [1.54, 1.807) is 13.2 Å². The molecule has 1 unspecified atom stereocenters. The van der Waals surface area contributed by atoms with Crippen molar-refractivity contribution in [3.8, 4) is 0 Å². The molecule has 0 spiro atoms. The lowest BCUT2D eigenvalue weighted by molar-refractivity contribution is 0.202. The van der Waals surface area contributed by atoms with Crippen molar-refractivity contribution in [1.82, 2.24) is 0 Å². The molecule has 0 heterocycles. The molecule has 2 aromatic carbocycles. The Morgan fingerprint density at radius 3 is 2.50 bits per heavy atom. The minimum absolute atomic E-state index is 0.0490. The van der Waals surface area contributed by atoms with E-state index in [0.29, 0.717) is 11.6 Å². The van der Waals surface area contributed by atoms with E-state index in [0.717, 1.165) is 17.5 Å². The number of hydrogen-bond acceptors (Lipinski definition) is 1. The Labute approximate surface area is 131 Å². The van der Waals surface area contributed by atoms with E-state index in [-0.39, 0.29) is 10.6 Å². The number of halogens is 3. The number of ether oxygens (including phenoxy) is 1. The minimum atomic E-state index is -0.326. The van der Waals surface area contributed by atoms with Gasteiger partial charge in [0.2, 0.25) is 0 Å². The summed E-state index contributed by atoms with van der Waals surface area (Å²) in [6.07, 6.45) is 0.890. The molecule has 106 valence electrons. The number of rotatable bonds is 5. The summed E-state index contributed by atoms with van der Waals surface area (Å²) < 4.78 is 18.1. The van der Waals surface area contributed by atoms with Crippen LogP contribution < -0.4 is 0 Å². The fraction of sp³-hybridized carbons (Fsp3) is 0.250. The molecule has 1 nitrogen and oxygen atoms in total. The first-order valence-electron chi connectivity index (χ1n) is 6.28. The first kappa shape index (κ1) is 15.5. The van der Waals surface area contributed by atoms with Gasteiger partial charge in [-0.15, -0.1) is 0 Å². The molecule has 0 aliphatic carbocycles. The van der Waals surface area contributed by atoms with E-state index in [4.69, 9.17) is 16.3 Å². The molecule has 20 heavy (non-hydrogen) atoms. The van der Waals surface area contributed by atoms with Gasteiger partial charge < -0.3 is 4.74 Å². The van der Waals surface area contributed by atoms with Crippen LogP contribution in [0.4, 0.5) is 4.39 Å². The lowest BCUT2D eigenvalue weighted by Crippen LogP contribution is -1.97. The molecule has 0 aliphatic heterocycles. The fourth-order valence-electron chi connectivity index (χ4n) is 1.96. The summed E-state index contributed by atoms with van der Waals surface area (Å²) in [5, 5.41) is 0.426. The van der Waals surface area contributed by atoms with Crippen LogP contribution in [0.25, 0.3) is 0 Å². The Kier molecular flexibility index (Phi) is 5.58. The topological polar surface area (TPSA) is 9.23 Å². The van der Waals surface area contributed by atoms with Crippen LogP contribution in [0.2, 0.25) is 5.02 Å². The smallest absolute Gasteiger partial charge is 0.124 e. The molecule has 0 N–H and O–H groups in total. The van der Waals surface area contributed by atoms with Gasteiger partial charge in [0.05, 0.1) is 11.4 Å². The number of hydrogen-bond donors (Lipinski definition) is 0. The van der Waals surface area contributed by atoms with Gasteiger partial charge in [-0.05, 0) is 35.2 Å². The monoisotopic (exact) mass is 356 g/mol. The Hall–Kier alpha value is -0.900. The molecule has 0 aliphatic rings. The van der Waals surface area contributed by atoms with Crippen molar-refractivity contribution in [2.45, 2.75) is 11.2 Å². The van der Waals surface area contributed by atoms with Crippen LogP contribution in [-0.2, 0) is 11.2 Å². The number of benzene rings is 2. The normalized spacial score (nSPS) is 12.4. The van der Waals surface area contributed by atoms with E-state index in [9.17, 15) is 4.39 Å². The largest absolute Gasteiger partial charge is 0.384 e. The highest BCUT2D eigenvalue weighted by atomic mass is 79.9. The zero-order valence-corrected chi connectivity index (χ0v) is 13.4. The predicted molar refractivity (Wildman–Crippen MR) is 84.2 cm³/mol. The third-order valence-corrected chi connectivity index (χ3v) is 4.45. The van der Waals surface area contributed by atoms with Crippen LogP contribution in [-0.4, -0.2) is 13.7 Å². The maximum absolute atomic E-state index is 13.1. The molecule has 2 rings (SSSR count). The van der Waals surface area contributed by atoms with Gasteiger partial charge in [-0.25, -0.2) is 4.39 Å². The third kappa shape index (κ3) is 3.81. The van der Waals surface area contributed by atoms with Crippen molar-refractivity contribution in [3.05, 3.63) is 70.0 Å². The second kappa shape index (κ2) is 7.21. The van der Waals surface area contributed by atoms with Crippen molar-refractivity contribution in [1.29, 1.82) is 0 Å². The summed E-state index contributed by atoms with van der Waals surface area (Å²) in [5.41, 5.74) is 3.16. The van der Waals surface area contributed by atoms with Crippen molar-refractivity contribution < 1.29 is 9.13 Å². The highest BCUT2D eigenvalue weighted by Gasteiger charge is 2.14. The Morgan fingerprint density at radius 1 is 1.20 bits per heavy atom.